The third kappa shape index (κ3) is 3.62. The number of aromatic nitrogens is 1. The number of anilines is 1. The average Bonchev–Trinajstić information content (AvgIpc) is 2.98. The Bertz CT molecular complexity index is 756. The molecule has 0 bridgehead atoms. The van der Waals surface area contributed by atoms with Crippen molar-refractivity contribution in [1.29, 1.82) is 0 Å². The molecule has 1 aromatic carbocycles. The lowest BCUT2D eigenvalue weighted by Gasteiger charge is -2.28. The molecule has 2 amide bonds. The Labute approximate surface area is 140 Å². The molecular formula is C17H20N4O3. The lowest BCUT2D eigenvalue weighted by molar-refractivity contribution is -0.135. The van der Waals surface area contributed by atoms with Crippen molar-refractivity contribution in [3.8, 4) is 0 Å². The number of nitrogens with one attached hydrogen (secondary N) is 2. The van der Waals surface area contributed by atoms with Crippen molar-refractivity contribution in [2.24, 2.45) is 0 Å². The fraction of sp³-hybridized carbons (Fsp3) is 0.353. The van der Waals surface area contributed by atoms with Crippen LogP contribution in [0.15, 0.2) is 34.9 Å². The maximum absolute atomic E-state index is 12.5. The summed E-state index contributed by atoms with van der Waals surface area (Å²) in [5, 5.41) is 9.54. The summed E-state index contributed by atoms with van der Waals surface area (Å²) in [6, 6.07) is 9.37. The number of likely N-dealkylation sites (N-methyl/N-ethyl adjacent to an activating group) is 1. The number of carbonyl (C=O) groups is 2. The lowest BCUT2D eigenvalue weighted by Crippen LogP contribution is -2.49. The topological polar surface area (TPSA) is 87.5 Å². The van der Waals surface area contributed by atoms with Crippen molar-refractivity contribution in [2.45, 2.75) is 25.9 Å². The van der Waals surface area contributed by atoms with E-state index in [1.165, 1.54) is 16.0 Å². The summed E-state index contributed by atoms with van der Waals surface area (Å²) in [6.45, 7) is 2.36. The van der Waals surface area contributed by atoms with Gasteiger partial charge in [-0.25, -0.2) is 0 Å². The molecule has 0 fully saturated rings. The van der Waals surface area contributed by atoms with Gasteiger partial charge in [-0.15, -0.1) is 0 Å². The second-order valence-corrected chi connectivity index (χ2v) is 5.97. The number of nitrogens with zero attached hydrogens (tertiary/aromatic N) is 2. The van der Waals surface area contributed by atoms with Crippen LogP contribution in [0.4, 0.5) is 5.82 Å². The van der Waals surface area contributed by atoms with Gasteiger partial charge < -0.3 is 20.1 Å². The van der Waals surface area contributed by atoms with Gasteiger partial charge in [0.2, 0.25) is 11.8 Å². The van der Waals surface area contributed by atoms with Crippen molar-refractivity contribution >= 4 is 17.6 Å². The molecule has 126 valence electrons. The summed E-state index contributed by atoms with van der Waals surface area (Å²) < 4.78 is 4.89. The summed E-state index contributed by atoms with van der Waals surface area (Å²) in [6.07, 6.45) is 0.628. The summed E-state index contributed by atoms with van der Waals surface area (Å²) >= 11 is 0. The van der Waals surface area contributed by atoms with Crippen LogP contribution in [0.25, 0.3) is 0 Å². The van der Waals surface area contributed by atoms with E-state index in [9.17, 15) is 9.59 Å². The molecule has 0 saturated carbocycles. The number of carbonyl (C=O) groups excluding carboxylic acids is 2. The molecule has 2 heterocycles. The van der Waals surface area contributed by atoms with E-state index in [4.69, 9.17) is 4.52 Å². The summed E-state index contributed by atoms with van der Waals surface area (Å²) in [5.74, 6) is 0.550. The standard InChI is InChI=1S/C17H20N4O3/c1-11-7-15(20-24-11)19-16(22)10-21(2)17(23)14-8-12-5-3-4-6-13(12)9-18-14/h3-7,14,18H,8-10H2,1-2H3,(H,19,20,22). The zero-order valence-corrected chi connectivity index (χ0v) is 13.7. The Hall–Kier alpha value is -2.67. The molecule has 2 N–H and O–H groups in total. The smallest absolute Gasteiger partial charge is 0.245 e. The maximum Gasteiger partial charge on any atom is 0.245 e. The van der Waals surface area contributed by atoms with E-state index in [1.807, 2.05) is 18.2 Å². The average molecular weight is 328 g/mol. The second-order valence-electron chi connectivity index (χ2n) is 5.97. The van der Waals surface area contributed by atoms with Gasteiger partial charge in [0.25, 0.3) is 0 Å². The first-order valence-electron chi connectivity index (χ1n) is 7.81. The quantitative estimate of drug-likeness (QED) is 0.877. The number of amides is 2. The molecular weight excluding hydrogens is 308 g/mol. The number of rotatable bonds is 4. The first kappa shape index (κ1) is 16.2. The maximum atomic E-state index is 12.5. The third-order valence-electron chi connectivity index (χ3n) is 4.03. The van der Waals surface area contributed by atoms with Crippen molar-refractivity contribution in [3.05, 3.63) is 47.2 Å². The van der Waals surface area contributed by atoms with E-state index < -0.39 is 0 Å². The zero-order valence-electron chi connectivity index (χ0n) is 13.7. The number of hydrogen-bond donors (Lipinski definition) is 2. The molecule has 0 radical (unpaired) electrons. The van der Waals surface area contributed by atoms with Crippen LogP contribution in [0.1, 0.15) is 16.9 Å². The van der Waals surface area contributed by atoms with Crippen molar-refractivity contribution in [1.82, 2.24) is 15.4 Å². The lowest BCUT2D eigenvalue weighted by atomic mass is 9.95. The van der Waals surface area contributed by atoms with Gasteiger partial charge >= 0.3 is 0 Å². The van der Waals surface area contributed by atoms with Gasteiger partial charge in [-0.3, -0.25) is 9.59 Å². The molecule has 0 aliphatic carbocycles. The van der Waals surface area contributed by atoms with E-state index in [-0.39, 0.29) is 24.4 Å². The van der Waals surface area contributed by atoms with E-state index in [0.717, 1.165) is 0 Å². The summed E-state index contributed by atoms with van der Waals surface area (Å²) in [5.41, 5.74) is 2.38. The fourth-order valence-corrected chi connectivity index (χ4v) is 2.80. The highest BCUT2D eigenvalue weighted by Crippen LogP contribution is 2.17. The monoisotopic (exact) mass is 328 g/mol. The van der Waals surface area contributed by atoms with E-state index in [2.05, 4.69) is 21.9 Å². The minimum Gasteiger partial charge on any atom is -0.360 e. The number of fused-ring (bicyclic) bond motifs is 1. The molecule has 0 spiro atoms. The van der Waals surface area contributed by atoms with Gasteiger partial charge in [0, 0.05) is 19.7 Å². The Balaban J connectivity index is 1.56. The largest absolute Gasteiger partial charge is 0.360 e. The first-order valence-corrected chi connectivity index (χ1v) is 7.81. The van der Waals surface area contributed by atoms with E-state index in [0.29, 0.717) is 24.5 Å². The van der Waals surface area contributed by atoms with Crippen LogP contribution < -0.4 is 10.6 Å². The van der Waals surface area contributed by atoms with Crippen molar-refractivity contribution in [2.75, 3.05) is 18.9 Å². The van der Waals surface area contributed by atoms with Gasteiger partial charge in [0.15, 0.2) is 5.82 Å². The van der Waals surface area contributed by atoms with E-state index in [1.54, 1.807) is 20.0 Å². The minimum atomic E-state index is -0.313. The minimum absolute atomic E-state index is 0.0371. The zero-order chi connectivity index (χ0) is 17.1. The van der Waals surface area contributed by atoms with Gasteiger partial charge in [-0.1, -0.05) is 29.4 Å². The Morgan fingerprint density at radius 3 is 2.83 bits per heavy atom. The molecule has 0 saturated heterocycles. The summed E-state index contributed by atoms with van der Waals surface area (Å²) in [7, 11) is 1.62. The Morgan fingerprint density at radius 2 is 2.12 bits per heavy atom. The highest BCUT2D eigenvalue weighted by molar-refractivity contribution is 5.94. The van der Waals surface area contributed by atoms with Crippen LogP contribution >= 0.6 is 0 Å². The van der Waals surface area contributed by atoms with Gasteiger partial charge in [-0.2, -0.15) is 0 Å². The molecule has 2 aromatic rings. The number of benzene rings is 1. The molecule has 1 aromatic heterocycles. The van der Waals surface area contributed by atoms with Gasteiger partial charge in [0.05, 0.1) is 12.6 Å². The normalized spacial score (nSPS) is 16.3. The first-order chi connectivity index (χ1) is 11.5. The van der Waals surface area contributed by atoms with Crippen LogP contribution in [0.5, 0.6) is 0 Å². The molecule has 1 atom stereocenters. The fourth-order valence-electron chi connectivity index (χ4n) is 2.80. The SMILES string of the molecule is Cc1cc(NC(=O)CN(C)C(=O)C2Cc3ccccc3CN2)no1. The van der Waals surface area contributed by atoms with Crippen LogP contribution in [0.3, 0.4) is 0 Å². The van der Waals surface area contributed by atoms with Gasteiger partial charge in [-0.05, 0) is 24.5 Å². The molecule has 24 heavy (non-hydrogen) atoms. The predicted molar refractivity (Wildman–Crippen MR) is 88.3 cm³/mol. The van der Waals surface area contributed by atoms with E-state index >= 15 is 0 Å². The van der Waals surface area contributed by atoms with Crippen LogP contribution in [0.2, 0.25) is 0 Å². The molecule has 1 aliphatic heterocycles. The molecule has 7 nitrogen and oxygen atoms in total. The molecule has 1 aliphatic rings. The Kier molecular flexibility index (Phi) is 4.61. The van der Waals surface area contributed by atoms with Crippen LogP contribution in [-0.2, 0) is 22.6 Å². The number of hydrogen-bond acceptors (Lipinski definition) is 5. The van der Waals surface area contributed by atoms with Crippen molar-refractivity contribution in [3.63, 3.8) is 0 Å². The highest BCUT2D eigenvalue weighted by atomic mass is 16.5. The van der Waals surface area contributed by atoms with Gasteiger partial charge in [0.1, 0.15) is 5.76 Å². The third-order valence-corrected chi connectivity index (χ3v) is 4.03. The second kappa shape index (κ2) is 6.84. The highest BCUT2D eigenvalue weighted by Gasteiger charge is 2.27. The number of aryl methyl sites for hydroxylation is 1. The van der Waals surface area contributed by atoms with Crippen LogP contribution in [0, 0.1) is 6.92 Å². The molecule has 7 heteroatoms. The summed E-state index contributed by atoms with van der Waals surface area (Å²) in [4.78, 5) is 26.0. The van der Waals surface area contributed by atoms with Crippen molar-refractivity contribution < 1.29 is 14.1 Å². The molecule has 3 rings (SSSR count). The Morgan fingerprint density at radius 1 is 1.38 bits per heavy atom. The van der Waals surface area contributed by atoms with Crippen LogP contribution in [-0.4, -0.2) is 41.5 Å². The predicted octanol–water partition coefficient (Wildman–Crippen LogP) is 1.09. The molecule has 1 unspecified atom stereocenters.